The van der Waals surface area contributed by atoms with Crippen LogP contribution in [0.15, 0.2) is 59.6 Å². The number of nitrogens with one attached hydrogen (secondary N) is 4. The fraction of sp³-hybridized carbons (Fsp3) is 0.452. The Morgan fingerprint density at radius 2 is 1.74 bits per heavy atom. The molecule has 0 atom stereocenters. The van der Waals surface area contributed by atoms with Crippen LogP contribution in [-0.4, -0.2) is 43.2 Å². The molecule has 1 aromatic heterocycles. The van der Waals surface area contributed by atoms with Crippen molar-refractivity contribution in [3.8, 4) is 10.4 Å². The fourth-order valence-electron chi connectivity index (χ4n) is 4.89. The highest BCUT2D eigenvalue weighted by atomic mass is 32.2. The fourth-order valence-corrected chi connectivity index (χ4v) is 7.74. The third kappa shape index (κ3) is 9.50. The SMILES string of the molecule is CC(C)NC(=O)O[C@H]1CC[C@H](c2ncc(-c3ccc(NC(=O)NCc4ccccc4)cc3S(=O)(=O)NC(C)(C)C)s2)CC1. The number of sulfonamides is 1. The summed E-state index contributed by atoms with van der Waals surface area (Å²) in [5.74, 6) is 0.203. The molecule has 0 bridgehead atoms. The Labute approximate surface area is 258 Å². The number of carbonyl (C=O) groups is 2. The number of urea groups is 1. The summed E-state index contributed by atoms with van der Waals surface area (Å²) in [5, 5.41) is 9.24. The number of rotatable bonds is 9. The van der Waals surface area contributed by atoms with Crippen molar-refractivity contribution in [2.75, 3.05) is 5.32 Å². The molecule has 0 spiro atoms. The van der Waals surface area contributed by atoms with Crippen molar-refractivity contribution in [1.82, 2.24) is 20.3 Å². The number of hydrogen-bond donors (Lipinski definition) is 4. The van der Waals surface area contributed by atoms with Gasteiger partial charge >= 0.3 is 12.1 Å². The lowest BCUT2D eigenvalue weighted by Gasteiger charge is -2.27. The largest absolute Gasteiger partial charge is 0.446 e. The van der Waals surface area contributed by atoms with E-state index in [0.29, 0.717) is 17.8 Å². The minimum absolute atomic E-state index is 0.0199. The van der Waals surface area contributed by atoms with Gasteiger partial charge in [0, 0.05) is 41.5 Å². The van der Waals surface area contributed by atoms with Crippen LogP contribution in [0.2, 0.25) is 0 Å². The lowest BCUT2D eigenvalue weighted by molar-refractivity contribution is 0.0699. The van der Waals surface area contributed by atoms with Crippen molar-refractivity contribution >= 4 is 39.2 Å². The zero-order valence-electron chi connectivity index (χ0n) is 25.3. The lowest BCUT2D eigenvalue weighted by atomic mass is 9.88. The number of carbonyl (C=O) groups excluding carboxylic acids is 2. The average Bonchev–Trinajstić information content (AvgIpc) is 3.41. The maximum absolute atomic E-state index is 13.6. The third-order valence-electron chi connectivity index (χ3n) is 6.76. The summed E-state index contributed by atoms with van der Waals surface area (Å²) >= 11 is 1.47. The van der Waals surface area contributed by atoms with Gasteiger partial charge in [0.05, 0.1) is 14.8 Å². The van der Waals surface area contributed by atoms with E-state index in [2.05, 4.69) is 25.7 Å². The Balaban J connectivity index is 1.50. The number of amides is 3. The predicted molar refractivity (Wildman–Crippen MR) is 170 cm³/mol. The van der Waals surface area contributed by atoms with Crippen molar-refractivity contribution in [3.05, 3.63) is 65.3 Å². The van der Waals surface area contributed by atoms with Gasteiger partial charge in [0.1, 0.15) is 6.10 Å². The molecule has 1 aliphatic rings. The lowest BCUT2D eigenvalue weighted by Crippen LogP contribution is -2.40. The zero-order valence-corrected chi connectivity index (χ0v) is 26.9. The highest BCUT2D eigenvalue weighted by Gasteiger charge is 2.29. The number of anilines is 1. The van der Waals surface area contributed by atoms with Gasteiger partial charge < -0.3 is 20.7 Å². The summed E-state index contributed by atoms with van der Waals surface area (Å²) < 4.78 is 35.5. The molecule has 1 saturated carbocycles. The van der Waals surface area contributed by atoms with E-state index in [9.17, 15) is 18.0 Å². The van der Waals surface area contributed by atoms with Crippen molar-refractivity contribution in [2.24, 2.45) is 0 Å². The molecule has 1 heterocycles. The number of alkyl carbamates (subject to hydrolysis) is 1. The highest BCUT2D eigenvalue weighted by Crippen LogP contribution is 2.40. The Bertz CT molecular complexity index is 1510. The van der Waals surface area contributed by atoms with Crippen molar-refractivity contribution in [3.63, 3.8) is 0 Å². The zero-order chi connectivity index (χ0) is 31.2. The van der Waals surface area contributed by atoms with E-state index in [1.165, 1.54) is 17.4 Å². The summed E-state index contributed by atoms with van der Waals surface area (Å²) in [7, 11) is -3.95. The van der Waals surface area contributed by atoms with E-state index in [1.807, 2.05) is 44.2 Å². The smallest absolute Gasteiger partial charge is 0.407 e. The van der Waals surface area contributed by atoms with E-state index in [-0.39, 0.29) is 29.1 Å². The molecule has 0 unspecified atom stereocenters. The average molecular weight is 628 g/mol. The molecule has 3 aromatic rings. The second-order valence-electron chi connectivity index (χ2n) is 12.1. The Morgan fingerprint density at radius 1 is 1.05 bits per heavy atom. The van der Waals surface area contributed by atoms with Crippen LogP contribution in [0.4, 0.5) is 15.3 Å². The second kappa shape index (κ2) is 13.9. The van der Waals surface area contributed by atoms with Crippen LogP contribution in [0.3, 0.4) is 0 Å². The summed E-state index contributed by atoms with van der Waals surface area (Å²) in [6, 6.07) is 14.0. The van der Waals surface area contributed by atoms with Crippen LogP contribution < -0.4 is 20.7 Å². The third-order valence-corrected chi connectivity index (χ3v) is 9.75. The van der Waals surface area contributed by atoms with Gasteiger partial charge in [-0.2, -0.15) is 0 Å². The molecule has 12 heteroatoms. The Kier molecular flexibility index (Phi) is 10.5. The summed E-state index contributed by atoms with van der Waals surface area (Å²) in [6.45, 7) is 9.45. The van der Waals surface area contributed by atoms with Gasteiger partial charge in [-0.25, -0.2) is 27.7 Å². The Hall–Kier alpha value is -3.48. The molecule has 4 rings (SSSR count). The quantitative estimate of drug-likeness (QED) is 0.218. The number of thiazole rings is 1. The van der Waals surface area contributed by atoms with Gasteiger partial charge in [0.25, 0.3) is 0 Å². The summed E-state index contributed by atoms with van der Waals surface area (Å²) in [4.78, 5) is 30.0. The minimum Gasteiger partial charge on any atom is -0.446 e. The first-order chi connectivity index (χ1) is 20.3. The topological polar surface area (TPSA) is 139 Å². The molecule has 0 saturated heterocycles. The molecule has 2 aromatic carbocycles. The number of aromatic nitrogens is 1. The van der Waals surface area contributed by atoms with E-state index in [0.717, 1.165) is 41.1 Å². The molecule has 0 radical (unpaired) electrons. The summed E-state index contributed by atoms with van der Waals surface area (Å²) in [5.41, 5.74) is 1.11. The van der Waals surface area contributed by atoms with Gasteiger partial charge in [-0.3, -0.25) is 0 Å². The first-order valence-electron chi connectivity index (χ1n) is 14.5. The second-order valence-corrected chi connectivity index (χ2v) is 14.8. The van der Waals surface area contributed by atoms with Gasteiger partial charge in [-0.1, -0.05) is 36.4 Å². The molecular weight excluding hydrogens is 587 g/mol. The molecule has 3 amide bonds. The van der Waals surface area contributed by atoms with Crippen LogP contribution in [0.1, 0.15) is 76.8 Å². The van der Waals surface area contributed by atoms with E-state index < -0.39 is 21.6 Å². The normalized spacial score (nSPS) is 17.3. The van der Waals surface area contributed by atoms with Crippen molar-refractivity contribution < 1.29 is 22.7 Å². The van der Waals surface area contributed by atoms with Gasteiger partial charge in [0.15, 0.2) is 0 Å². The van der Waals surface area contributed by atoms with E-state index >= 15 is 0 Å². The van der Waals surface area contributed by atoms with Crippen LogP contribution in [-0.2, 0) is 21.3 Å². The van der Waals surface area contributed by atoms with Gasteiger partial charge in [-0.05, 0) is 78.0 Å². The minimum atomic E-state index is -3.95. The molecule has 1 fully saturated rings. The number of benzene rings is 2. The van der Waals surface area contributed by atoms with Crippen LogP contribution in [0.5, 0.6) is 0 Å². The number of nitrogens with zero attached hydrogens (tertiary/aromatic N) is 1. The van der Waals surface area contributed by atoms with Crippen LogP contribution in [0.25, 0.3) is 10.4 Å². The maximum atomic E-state index is 13.6. The molecule has 0 aliphatic heterocycles. The highest BCUT2D eigenvalue weighted by molar-refractivity contribution is 7.89. The maximum Gasteiger partial charge on any atom is 0.407 e. The Morgan fingerprint density at radius 3 is 2.40 bits per heavy atom. The first-order valence-corrected chi connectivity index (χ1v) is 16.8. The molecule has 10 nitrogen and oxygen atoms in total. The van der Waals surface area contributed by atoms with E-state index in [1.54, 1.807) is 39.1 Å². The van der Waals surface area contributed by atoms with Crippen LogP contribution in [0, 0.1) is 0 Å². The van der Waals surface area contributed by atoms with Crippen LogP contribution >= 0.6 is 11.3 Å². The molecule has 232 valence electrons. The van der Waals surface area contributed by atoms with Crippen molar-refractivity contribution in [2.45, 2.75) is 95.3 Å². The van der Waals surface area contributed by atoms with Crippen molar-refractivity contribution in [1.29, 1.82) is 0 Å². The number of ether oxygens (including phenoxy) is 1. The van der Waals surface area contributed by atoms with Gasteiger partial charge in [-0.15, -0.1) is 11.3 Å². The molecule has 1 aliphatic carbocycles. The van der Waals surface area contributed by atoms with E-state index in [4.69, 9.17) is 4.74 Å². The molecule has 4 N–H and O–H groups in total. The monoisotopic (exact) mass is 627 g/mol. The molecular formula is C31H41N5O5S2. The molecule has 43 heavy (non-hydrogen) atoms. The predicted octanol–water partition coefficient (Wildman–Crippen LogP) is 6.37. The van der Waals surface area contributed by atoms with Gasteiger partial charge in [0.2, 0.25) is 10.0 Å². The number of hydrogen-bond acceptors (Lipinski definition) is 7. The first kappa shape index (κ1) is 32.4. The standard InChI is InChI=1S/C31H41N5O5S2/c1-20(2)34-30(38)41-24-14-11-22(12-15-24)28-32-19-26(42-28)25-16-13-23(17-27(25)43(39,40)36-31(3,4)5)35-29(37)33-18-21-9-7-6-8-10-21/h6-10,13,16-17,19-20,22,24,36H,11-12,14-15,18H2,1-5H3,(H,34,38)(H2,33,35,37)/t22-,24-. The summed E-state index contributed by atoms with van der Waals surface area (Å²) in [6.07, 6.45) is 4.33.